The lowest BCUT2D eigenvalue weighted by Gasteiger charge is -1.99. The average Bonchev–Trinajstić information content (AvgIpc) is 2.51. The van der Waals surface area contributed by atoms with E-state index in [9.17, 15) is 8.78 Å². The Bertz CT molecular complexity index is 449. The lowest BCUT2D eigenvalue weighted by Crippen LogP contribution is -1.88. The first-order chi connectivity index (χ1) is 6.68. The van der Waals surface area contributed by atoms with Gasteiger partial charge in [-0.15, -0.1) is 0 Å². The van der Waals surface area contributed by atoms with Crippen LogP contribution in [-0.2, 0) is 0 Å². The third-order valence-electron chi connectivity index (χ3n) is 1.70. The van der Waals surface area contributed by atoms with Crippen LogP contribution >= 0.6 is 23.1 Å². The summed E-state index contributed by atoms with van der Waals surface area (Å²) >= 11 is 6.62. The summed E-state index contributed by atoms with van der Waals surface area (Å²) in [5.41, 5.74) is 0.103. The van der Waals surface area contributed by atoms with Crippen molar-refractivity contribution in [2.24, 2.45) is 0 Å². The van der Waals surface area contributed by atoms with Crippen LogP contribution in [0.15, 0.2) is 24.3 Å². The summed E-state index contributed by atoms with van der Waals surface area (Å²) in [5.74, 6) is -1.26. The number of halogens is 3. The zero-order valence-electron chi connectivity index (χ0n) is 6.80. The molecule has 2 aromatic rings. The Hall–Kier alpha value is -1.00. The number of rotatable bonds is 1. The molecule has 72 valence electrons. The van der Waals surface area contributed by atoms with Crippen molar-refractivity contribution in [3.63, 3.8) is 0 Å². The minimum atomic E-state index is -0.632. The number of aromatic nitrogens is 1. The minimum absolute atomic E-state index is 0.129. The molecule has 1 heterocycles. The van der Waals surface area contributed by atoms with E-state index >= 15 is 0 Å². The van der Waals surface area contributed by atoms with Crippen molar-refractivity contribution in [2.45, 2.75) is 0 Å². The zero-order valence-corrected chi connectivity index (χ0v) is 8.37. The van der Waals surface area contributed by atoms with Crippen molar-refractivity contribution < 1.29 is 8.78 Å². The van der Waals surface area contributed by atoms with Crippen molar-refractivity contribution in [3.8, 4) is 11.3 Å². The summed E-state index contributed by atoms with van der Waals surface area (Å²) in [6.07, 6.45) is 0. The van der Waals surface area contributed by atoms with Crippen LogP contribution in [0.25, 0.3) is 11.3 Å². The van der Waals surface area contributed by atoms with Crippen molar-refractivity contribution in [1.82, 2.24) is 4.37 Å². The third kappa shape index (κ3) is 1.63. The molecule has 5 heteroatoms. The van der Waals surface area contributed by atoms with Crippen LogP contribution in [0.1, 0.15) is 0 Å². The maximum absolute atomic E-state index is 13.2. The molecule has 0 atom stereocenters. The van der Waals surface area contributed by atoms with E-state index in [1.54, 1.807) is 0 Å². The Balaban J connectivity index is 2.61. The largest absolute Gasteiger partial charge is 0.206 e. The Kier molecular flexibility index (Phi) is 2.48. The predicted octanol–water partition coefficient (Wildman–Crippen LogP) is 3.74. The molecule has 0 spiro atoms. The molecule has 0 aliphatic heterocycles. The van der Waals surface area contributed by atoms with Crippen molar-refractivity contribution >= 4 is 23.1 Å². The minimum Gasteiger partial charge on any atom is -0.206 e. The molecule has 0 fully saturated rings. The highest BCUT2D eigenvalue weighted by atomic mass is 35.5. The van der Waals surface area contributed by atoms with Crippen LogP contribution in [0.2, 0.25) is 4.34 Å². The normalized spacial score (nSPS) is 10.5. The Morgan fingerprint density at radius 2 is 1.86 bits per heavy atom. The van der Waals surface area contributed by atoms with Gasteiger partial charge in [0, 0.05) is 0 Å². The van der Waals surface area contributed by atoms with Gasteiger partial charge < -0.3 is 0 Å². The van der Waals surface area contributed by atoms with Crippen LogP contribution in [0.3, 0.4) is 0 Å². The van der Waals surface area contributed by atoms with E-state index in [0.717, 1.165) is 11.5 Å². The van der Waals surface area contributed by atoms with Crippen LogP contribution in [0, 0.1) is 11.6 Å². The number of benzene rings is 1. The van der Waals surface area contributed by atoms with Crippen LogP contribution < -0.4 is 0 Å². The van der Waals surface area contributed by atoms with E-state index < -0.39 is 11.6 Å². The first-order valence-electron chi connectivity index (χ1n) is 3.75. The topological polar surface area (TPSA) is 12.9 Å². The fourth-order valence-electron chi connectivity index (χ4n) is 1.11. The molecule has 0 N–H and O–H groups in total. The van der Waals surface area contributed by atoms with Gasteiger partial charge >= 0.3 is 0 Å². The van der Waals surface area contributed by atoms with Crippen LogP contribution in [0.4, 0.5) is 8.78 Å². The maximum atomic E-state index is 13.2. The molecule has 1 nitrogen and oxygen atoms in total. The molecule has 0 aliphatic carbocycles. The Labute approximate surface area is 88.1 Å². The van der Waals surface area contributed by atoms with Gasteiger partial charge in [-0.25, -0.2) is 8.78 Å². The van der Waals surface area contributed by atoms with Crippen molar-refractivity contribution in [3.05, 3.63) is 40.2 Å². The summed E-state index contributed by atoms with van der Waals surface area (Å²) in [6.45, 7) is 0. The second kappa shape index (κ2) is 3.63. The first kappa shape index (κ1) is 9.55. The molecule has 0 radical (unpaired) electrons. The summed E-state index contributed by atoms with van der Waals surface area (Å²) in [4.78, 5) is 0. The van der Waals surface area contributed by atoms with Crippen LogP contribution in [0.5, 0.6) is 0 Å². The van der Waals surface area contributed by atoms with Gasteiger partial charge in [0.15, 0.2) is 0 Å². The highest BCUT2D eigenvalue weighted by Crippen LogP contribution is 2.28. The predicted molar refractivity (Wildman–Crippen MR) is 52.5 cm³/mol. The fraction of sp³-hybridized carbons (Fsp3) is 0. The lowest BCUT2D eigenvalue weighted by molar-refractivity contribution is 0.589. The highest BCUT2D eigenvalue weighted by molar-refractivity contribution is 7.10. The molecular weight excluding hydrogens is 228 g/mol. The quantitative estimate of drug-likeness (QED) is 0.729. The maximum Gasteiger partial charge on any atom is 0.135 e. The Morgan fingerprint density at radius 1 is 1.21 bits per heavy atom. The molecular formula is C9H4ClF2NS. The molecule has 1 aromatic heterocycles. The lowest BCUT2D eigenvalue weighted by atomic mass is 10.1. The van der Waals surface area contributed by atoms with Gasteiger partial charge in [-0.05, 0) is 29.7 Å². The van der Waals surface area contributed by atoms with E-state index in [-0.39, 0.29) is 11.3 Å². The van der Waals surface area contributed by atoms with Crippen molar-refractivity contribution in [2.75, 3.05) is 0 Å². The number of hydrogen-bond donors (Lipinski definition) is 0. The van der Waals surface area contributed by atoms with Gasteiger partial charge in [-0.2, -0.15) is 4.37 Å². The molecule has 0 saturated carbocycles. The van der Waals surface area contributed by atoms with Gasteiger partial charge in [-0.3, -0.25) is 0 Å². The molecule has 1 aromatic carbocycles. The van der Waals surface area contributed by atoms with Gasteiger partial charge in [0.25, 0.3) is 0 Å². The van der Waals surface area contributed by atoms with Gasteiger partial charge in [0.05, 0.1) is 11.3 Å². The zero-order chi connectivity index (χ0) is 10.1. The smallest absolute Gasteiger partial charge is 0.135 e. The molecule has 0 bridgehead atoms. The number of hydrogen-bond acceptors (Lipinski definition) is 2. The molecule has 2 rings (SSSR count). The number of nitrogens with zero attached hydrogens (tertiary/aromatic N) is 1. The van der Waals surface area contributed by atoms with Gasteiger partial charge in [0.1, 0.15) is 16.0 Å². The SMILES string of the molecule is Fc1cccc(F)c1-c1cc(Cl)sn1. The molecule has 0 aliphatic rings. The van der Waals surface area contributed by atoms with Crippen LogP contribution in [-0.4, -0.2) is 4.37 Å². The average molecular weight is 232 g/mol. The second-order valence-electron chi connectivity index (χ2n) is 2.61. The Morgan fingerprint density at radius 3 is 2.36 bits per heavy atom. The third-order valence-corrected chi connectivity index (χ3v) is 2.60. The summed E-state index contributed by atoms with van der Waals surface area (Å²) < 4.78 is 30.7. The first-order valence-corrected chi connectivity index (χ1v) is 4.90. The molecule has 0 unspecified atom stereocenters. The summed E-state index contributed by atoms with van der Waals surface area (Å²) in [7, 11) is 0. The van der Waals surface area contributed by atoms with Gasteiger partial charge in [-0.1, -0.05) is 17.7 Å². The summed E-state index contributed by atoms with van der Waals surface area (Å²) in [6, 6.07) is 5.12. The van der Waals surface area contributed by atoms with E-state index in [2.05, 4.69) is 4.37 Å². The fourth-order valence-corrected chi connectivity index (χ4v) is 1.81. The monoisotopic (exact) mass is 231 g/mol. The second-order valence-corrected chi connectivity index (χ2v) is 4.05. The van der Waals surface area contributed by atoms with Crippen molar-refractivity contribution in [1.29, 1.82) is 0 Å². The molecule has 0 saturated heterocycles. The van der Waals surface area contributed by atoms with E-state index in [4.69, 9.17) is 11.6 Å². The van der Waals surface area contributed by atoms with E-state index in [1.807, 2.05) is 0 Å². The van der Waals surface area contributed by atoms with E-state index in [1.165, 1.54) is 24.3 Å². The van der Waals surface area contributed by atoms with E-state index in [0.29, 0.717) is 4.34 Å². The summed E-state index contributed by atoms with van der Waals surface area (Å²) in [5, 5.41) is 0. The highest BCUT2D eigenvalue weighted by Gasteiger charge is 2.13. The molecule has 0 amide bonds. The standard InChI is InChI=1S/C9H4ClF2NS/c10-8-4-7(13-14-8)9-5(11)2-1-3-6(9)12/h1-4H. The molecule has 14 heavy (non-hydrogen) atoms. The van der Waals surface area contributed by atoms with Gasteiger partial charge in [0.2, 0.25) is 0 Å².